The monoisotopic (exact) mass is 664 g/mol. The molecule has 43 heavy (non-hydrogen) atoms. The minimum Gasteiger partial charge on any atom is -0.748 e. The molecule has 0 radical (unpaired) electrons. The number of ketones is 1. The van der Waals surface area contributed by atoms with Gasteiger partial charge in [0, 0.05) is 36.2 Å². The molecule has 9 nitrogen and oxygen atoms in total. The maximum Gasteiger partial charge on any atom is 1.00 e. The molecule has 13 heteroatoms. The minimum atomic E-state index is -4.62. The second kappa shape index (κ2) is 18.5. The van der Waals surface area contributed by atoms with Crippen molar-refractivity contribution < 1.29 is 101 Å². The molecule has 0 N–H and O–H groups in total. The van der Waals surface area contributed by atoms with Crippen LogP contribution >= 0.6 is 12.0 Å². The third kappa shape index (κ3) is 10.9. The van der Waals surface area contributed by atoms with E-state index in [9.17, 15) is 23.0 Å². The Morgan fingerprint density at radius 2 is 1.35 bits per heavy atom. The normalized spacial score (nSPS) is 37.5. The van der Waals surface area contributed by atoms with Crippen molar-refractivity contribution in [1.82, 2.24) is 0 Å². The molecule has 238 valence electrons. The summed E-state index contributed by atoms with van der Waals surface area (Å²) < 4.78 is 53.6. The Balaban J connectivity index is 0.00000323. The van der Waals surface area contributed by atoms with Gasteiger partial charge in [0.25, 0.3) is 0 Å². The van der Waals surface area contributed by atoms with Crippen molar-refractivity contribution >= 4 is 27.9 Å². The van der Waals surface area contributed by atoms with Crippen molar-refractivity contribution in [2.45, 2.75) is 139 Å². The third-order valence-electron chi connectivity index (χ3n) is 11.4. The summed E-state index contributed by atoms with van der Waals surface area (Å²) in [5.74, 6) is 0.885. The summed E-state index contributed by atoms with van der Waals surface area (Å²) >= 11 is 0.950. The summed E-state index contributed by atoms with van der Waals surface area (Å²) in [4.78, 5) is 13.5. The summed E-state index contributed by atoms with van der Waals surface area (Å²) in [6.45, 7) is 6.87. The molecule has 0 aromatic heterocycles. The van der Waals surface area contributed by atoms with Gasteiger partial charge in [-0.05, 0) is 113 Å². The first-order valence-electron chi connectivity index (χ1n) is 15.7. The van der Waals surface area contributed by atoms with Crippen LogP contribution in [-0.2, 0) is 33.8 Å². The van der Waals surface area contributed by atoms with E-state index in [1.165, 1.54) is 12.8 Å². The van der Waals surface area contributed by atoms with E-state index in [1.807, 2.05) is 7.11 Å². The fourth-order valence-electron chi connectivity index (χ4n) is 8.46. The third-order valence-corrected chi connectivity index (χ3v) is 13.6. The number of Topliss-reactive ketones (excluding diaryl/α,β-unsaturated/α-hetero) is 1. The summed E-state index contributed by atoms with van der Waals surface area (Å²) in [6, 6.07) is 0. The number of ether oxygens (including phenoxy) is 2. The van der Waals surface area contributed by atoms with Gasteiger partial charge in [0.15, 0.2) is 0 Å². The molecule has 0 aromatic carbocycles. The number of rotatable bonds is 11. The zero-order valence-electron chi connectivity index (χ0n) is 27.2. The molecule has 4 aliphatic carbocycles. The van der Waals surface area contributed by atoms with E-state index in [0.717, 1.165) is 57.0 Å². The maximum atomic E-state index is 13.5. The van der Waals surface area contributed by atoms with E-state index >= 15 is 0 Å². The Morgan fingerprint density at radius 3 is 1.88 bits per heavy atom. The van der Waals surface area contributed by atoms with Gasteiger partial charge >= 0.3 is 59.1 Å². The molecule has 0 amide bonds. The van der Waals surface area contributed by atoms with Crippen molar-refractivity contribution in [3.63, 3.8) is 0 Å². The van der Waals surface area contributed by atoms with Crippen LogP contribution in [0.25, 0.3) is 0 Å². The van der Waals surface area contributed by atoms with Crippen LogP contribution in [0.5, 0.6) is 0 Å². The summed E-state index contributed by atoms with van der Waals surface area (Å²) in [5, 5.41) is 12.5. The van der Waals surface area contributed by atoms with Gasteiger partial charge in [-0.15, -0.1) is 0 Å². The van der Waals surface area contributed by atoms with Gasteiger partial charge in [-0.2, -0.15) is 4.33 Å². The Hall–Kier alpha value is 1.73. The molecule has 4 aliphatic rings. The predicted octanol–water partition coefficient (Wildman–Crippen LogP) is -0.871. The molecule has 4 rings (SSSR count). The van der Waals surface area contributed by atoms with E-state index in [2.05, 4.69) is 30.1 Å². The van der Waals surface area contributed by atoms with Crippen molar-refractivity contribution in [2.75, 3.05) is 7.11 Å². The van der Waals surface area contributed by atoms with Gasteiger partial charge in [-0.3, -0.25) is 9.83 Å². The van der Waals surface area contributed by atoms with Crippen molar-refractivity contribution in [1.29, 1.82) is 0 Å². The Bertz CT molecular complexity index is 953. The maximum absolute atomic E-state index is 13.5. The van der Waals surface area contributed by atoms with Gasteiger partial charge in [0.05, 0.1) is 23.6 Å². The molecule has 0 saturated heterocycles. The van der Waals surface area contributed by atoms with E-state index in [0.29, 0.717) is 43.6 Å². The van der Waals surface area contributed by atoms with E-state index in [-0.39, 0.29) is 99.9 Å². The molecular weight excluding hydrogens is 614 g/mol. The fraction of sp³-hybridized carbons (Fsp3) is 0.967. The zero-order chi connectivity index (χ0) is 29.8. The molecule has 0 aliphatic heterocycles. The van der Waals surface area contributed by atoms with Crippen LogP contribution < -0.4 is 64.4 Å². The Labute approximate surface area is 307 Å². The summed E-state index contributed by atoms with van der Waals surface area (Å²) in [7, 11) is -2.82. The zero-order valence-corrected chi connectivity index (χ0v) is 32.8. The average Bonchev–Trinajstić information content (AvgIpc) is 2.96. The molecule has 0 spiro atoms. The fourth-order valence-corrected chi connectivity index (χ4v) is 10.3. The second-order valence-corrected chi connectivity index (χ2v) is 16.4. The molecule has 6 unspecified atom stereocenters. The predicted molar refractivity (Wildman–Crippen MR) is 153 cm³/mol. The van der Waals surface area contributed by atoms with Gasteiger partial charge in [-0.25, -0.2) is 8.42 Å². The standard InChI is InChI=1S/C30H52O9S2.2Na/c1-19-5-6-20(17-27(19)40-39-38-32)29(31)21-7-16-26(28(18-21)41(33,34)35)37-25-14-10-23(11-15-25)30(2,3)22-8-12-24(36-4)13-9-22;;/h19-28,32H,5-18H2,1-4H3,(H,33,34,35);;/q;2*+1/p-2. The first-order chi connectivity index (χ1) is 19.4. The Kier molecular flexibility index (Phi) is 17.6. The van der Waals surface area contributed by atoms with Crippen LogP contribution in [0.2, 0.25) is 0 Å². The van der Waals surface area contributed by atoms with Crippen molar-refractivity contribution in [3.05, 3.63) is 0 Å². The molecular formula is C30H50Na2O9S2. The minimum absolute atomic E-state index is 0. The van der Waals surface area contributed by atoms with Crippen LogP contribution in [0.4, 0.5) is 0 Å². The van der Waals surface area contributed by atoms with Crippen molar-refractivity contribution in [2.24, 2.45) is 35.0 Å². The topological polar surface area (TPSA) is 134 Å². The number of carbonyl (C=O) groups is 1. The van der Waals surface area contributed by atoms with Gasteiger partial charge in [0.2, 0.25) is 0 Å². The SMILES string of the molecule is COC1CCC(C(C)(C)C2CCC(OC3CCC(C(=O)C4CCC(C)C(SOO[O-])C4)CC3S(=O)(=O)[O-])CC2)CC1.[Na+].[Na+]. The summed E-state index contributed by atoms with van der Waals surface area (Å²) in [5.41, 5.74) is 0.242. The van der Waals surface area contributed by atoms with Crippen LogP contribution in [0.15, 0.2) is 0 Å². The van der Waals surface area contributed by atoms with Crippen molar-refractivity contribution in [3.8, 4) is 0 Å². The number of carbonyl (C=O) groups excluding carboxylic acids is 1. The smallest absolute Gasteiger partial charge is 0.748 e. The Morgan fingerprint density at radius 1 is 0.814 bits per heavy atom. The van der Waals surface area contributed by atoms with Gasteiger partial charge in [-0.1, -0.05) is 20.8 Å². The summed E-state index contributed by atoms with van der Waals surface area (Å²) in [6.07, 6.45) is 11.2. The number of hydrogen-bond acceptors (Lipinski definition) is 10. The second-order valence-electron chi connectivity index (χ2n) is 13.9. The van der Waals surface area contributed by atoms with Crippen LogP contribution in [0.3, 0.4) is 0 Å². The van der Waals surface area contributed by atoms with E-state index < -0.39 is 27.4 Å². The quantitative estimate of drug-likeness (QED) is 0.0903. The molecule has 6 atom stereocenters. The first-order valence-corrected chi connectivity index (χ1v) is 18.0. The van der Waals surface area contributed by atoms with Crippen LogP contribution in [0, 0.1) is 35.0 Å². The largest absolute Gasteiger partial charge is 1.00 e. The average molecular weight is 665 g/mol. The van der Waals surface area contributed by atoms with E-state index in [1.54, 1.807) is 0 Å². The molecule has 4 saturated carbocycles. The van der Waals surface area contributed by atoms with E-state index in [4.69, 9.17) is 9.47 Å². The van der Waals surface area contributed by atoms with Gasteiger partial charge < -0.3 is 19.3 Å². The van der Waals surface area contributed by atoms with Crippen LogP contribution in [-0.4, -0.2) is 54.7 Å². The van der Waals surface area contributed by atoms with Crippen LogP contribution in [0.1, 0.15) is 111 Å². The number of hydrogen-bond donors (Lipinski definition) is 0. The molecule has 0 heterocycles. The first kappa shape index (κ1) is 40.9. The van der Waals surface area contributed by atoms with Gasteiger partial charge in [0.1, 0.15) is 15.9 Å². The number of methoxy groups -OCH3 is 1. The molecule has 0 aromatic rings. The molecule has 4 fully saturated rings. The molecule has 0 bridgehead atoms.